The summed E-state index contributed by atoms with van der Waals surface area (Å²) in [6, 6.07) is 15.3. The second-order valence-electron chi connectivity index (χ2n) is 8.88. The highest BCUT2D eigenvalue weighted by Crippen LogP contribution is 2.42. The third kappa shape index (κ3) is 4.30. The molecule has 1 amide bonds. The first kappa shape index (κ1) is 22.8. The first-order valence-corrected chi connectivity index (χ1v) is 11.8. The molecule has 2 aliphatic heterocycles. The van der Waals surface area contributed by atoms with Crippen LogP contribution < -0.4 is 9.47 Å². The number of nitrogens with zero attached hydrogens (tertiary/aromatic N) is 1. The van der Waals surface area contributed by atoms with Crippen molar-refractivity contribution in [1.82, 2.24) is 4.90 Å². The molecule has 0 spiro atoms. The summed E-state index contributed by atoms with van der Waals surface area (Å²) >= 11 is 0. The van der Waals surface area contributed by atoms with Crippen LogP contribution in [0.4, 0.5) is 0 Å². The maximum absolute atomic E-state index is 13.3. The number of rotatable bonds is 7. The molecule has 5 rings (SSSR count). The molecule has 3 aromatic rings. The van der Waals surface area contributed by atoms with Gasteiger partial charge in [0.25, 0.3) is 11.7 Å². The number of aliphatic hydroxyl groups is 1. The van der Waals surface area contributed by atoms with Gasteiger partial charge in [0.05, 0.1) is 31.0 Å². The average molecular weight is 474 g/mol. The highest BCUT2D eigenvalue weighted by Gasteiger charge is 2.46. The van der Waals surface area contributed by atoms with E-state index in [9.17, 15) is 14.7 Å². The van der Waals surface area contributed by atoms with E-state index in [0.717, 1.165) is 17.7 Å². The highest BCUT2D eigenvalue weighted by atomic mass is 16.5. The van der Waals surface area contributed by atoms with Crippen LogP contribution in [0.15, 0.2) is 70.9 Å². The van der Waals surface area contributed by atoms with E-state index >= 15 is 0 Å². The zero-order chi connectivity index (χ0) is 24.5. The molecule has 2 aliphatic rings. The first-order chi connectivity index (χ1) is 17.0. The number of benzene rings is 2. The molecule has 180 valence electrons. The number of amides is 1. The van der Waals surface area contributed by atoms with Crippen molar-refractivity contribution in [3.63, 3.8) is 0 Å². The standard InChI is InChI=1S/C28H27NO6/c1-3-11-33-21-7-4-6-18(15-21)25-24(27(31)28(32)29(25)16-22-8-5-12-34-22)26(30)19-9-10-23-20(14-19)13-17(2)35-23/h4-10,12,14-15,17,25,30H,3,11,13,16H2,1-2H3/t17-,25+/m0/s1. The highest BCUT2D eigenvalue weighted by molar-refractivity contribution is 6.46. The lowest BCUT2D eigenvalue weighted by Gasteiger charge is -2.25. The van der Waals surface area contributed by atoms with E-state index in [1.807, 2.05) is 44.2 Å². The van der Waals surface area contributed by atoms with Gasteiger partial charge < -0.3 is 23.9 Å². The Hall–Kier alpha value is -4.00. The number of fused-ring (bicyclic) bond motifs is 1. The summed E-state index contributed by atoms with van der Waals surface area (Å²) in [5.41, 5.74) is 2.14. The first-order valence-electron chi connectivity index (χ1n) is 11.8. The van der Waals surface area contributed by atoms with Gasteiger partial charge in [-0.15, -0.1) is 0 Å². The lowest BCUT2D eigenvalue weighted by atomic mass is 9.94. The van der Waals surface area contributed by atoms with Gasteiger partial charge in [-0.25, -0.2) is 0 Å². The van der Waals surface area contributed by atoms with Crippen molar-refractivity contribution in [2.75, 3.05) is 6.61 Å². The predicted octanol–water partition coefficient (Wildman–Crippen LogP) is 5.01. The summed E-state index contributed by atoms with van der Waals surface area (Å²) < 4.78 is 17.0. The summed E-state index contributed by atoms with van der Waals surface area (Å²) in [5.74, 6) is 0.313. The molecular weight excluding hydrogens is 446 g/mol. The van der Waals surface area contributed by atoms with Crippen LogP contribution in [0.5, 0.6) is 11.5 Å². The number of hydrogen-bond donors (Lipinski definition) is 1. The average Bonchev–Trinajstić information content (AvgIpc) is 3.56. The summed E-state index contributed by atoms with van der Waals surface area (Å²) in [5, 5.41) is 11.4. The van der Waals surface area contributed by atoms with Crippen LogP contribution in [0.2, 0.25) is 0 Å². The normalized spacial score (nSPS) is 20.7. The molecule has 0 aliphatic carbocycles. The monoisotopic (exact) mass is 473 g/mol. The van der Waals surface area contributed by atoms with Gasteiger partial charge >= 0.3 is 0 Å². The van der Waals surface area contributed by atoms with Gasteiger partial charge in [-0.3, -0.25) is 9.59 Å². The van der Waals surface area contributed by atoms with Crippen LogP contribution in [-0.2, 0) is 22.6 Å². The third-order valence-corrected chi connectivity index (χ3v) is 6.26. The summed E-state index contributed by atoms with van der Waals surface area (Å²) in [4.78, 5) is 27.9. The van der Waals surface area contributed by atoms with Crippen LogP contribution >= 0.6 is 0 Å². The minimum Gasteiger partial charge on any atom is -0.507 e. The van der Waals surface area contributed by atoms with Crippen LogP contribution in [0.1, 0.15) is 48.8 Å². The number of furan rings is 1. The van der Waals surface area contributed by atoms with Gasteiger partial charge in [-0.05, 0) is 66.9 Å². The van der Waals surface area contributed by atoms with E-state index in [-0.39, 0.29) is 24.0 Å². The number of ketones is 1. The van der Waals surface area contributed by atoms with E-state index in [1.54, 1.807) is 24.3 Å². The molecule has 2 aromatic carbocycles. The van der Waals surface area contributed by atoms with Crippen LogP contribution in [-0.4, -0.2) is 34.4 Å². The van der Waals surface area contributed by atoms with Crippen LogP contribution in [0.25, 0.3) is 5.76 Å². The van der Waals surface area contributed by atoms with E-state index < -0.39 is 17.7 Å². The largest absolute Gasteiger partial charge is 0.507 e. The second kappa shape index (κ2) is 9.33. The molecule has 3 heterocycles. The van der Waals surface area contributed by atoms with Crippen molar-refractivity contribution < 1.29 is 28.6 Å². The summed E-state index contributed by atoms with van der Waals surface area (Å²) in [6.45, 7) is 4.64. The zero-order valence-corrected chi connectivity index (χ0v) is 19.7. The number of aliphatic hydroxyl groups excluding tert-OH is 1. The predicted molar refractivity (Wildman–Crippen MR) is 129 cm³/mol. The molecule has 7 heteroatoms. The Bertz CT molecular complexity index is 1290. The molecule has 1 fully saturated rings. The smallest absolute Gasteiger partial charge is 0.296 e. The molecule has 1 saturated heterocycles. The number of Topliss-reactive ketones (excluding diaryl/α,β-unsaturated/α-hetero) is 1. The molecule has 0 unspecified atom stereocenters. The number of carbonyl (C=O) groups is 2. The topological polar surface area (TPSA) is 89.2 Å². The van der Waals surface area contributed by atoms with Gasteiger partial charge in [0, 0.05) is 12.0 Å². The Morgan fingerprint density at radius 1 is 1.14 bits per heavy atom. The fourth-order valence-electron chi connectivity index (χ4n) is 4.68. The van der Waals surface area contributed by atoms with Crippen molar-refractivity contribution in [3.05, 3.63) is 88.9 Å². The maximum atomic E-state index is 13.3. The van der Waals surface area contributed by atoms with E-state index in [2.05, 4.69) is 0 Å². The minimum atomic E-state index is -0.797. The Morgan fingerprint density at radius 3 is 2.77 bits per heavy atom. The van der Waals surface area contributed by atoms with Crippen molar-refractivity contribution in [1.29, 1.82) is 0 Å². The number of hydrogen-bond acceptors (Lipinski definition) is 6. The van der Waals surface area contributed by atoms with E-state index in [4.69, 9.17) is 13.9 Å². The Kier molecular flexibility index (Phi) is 6.07. The molecule has 1 aromatic heterocycles. The van der Waals surface area contributed by atoms with Gasteiger partial charge in [0.2, 0.25) is 0 Å². The molecule has 35 heavy (non-hydrogen) atoms. The SMILES string of the molecule is CCCOc1cccc([C@@H]2C(=C(O)c3ccc4c(c3)C[C@H](C)O4)C(=O)C(=O)N2Cc2ccco2)c1. The van der Waals surface area contributed by atoms with Crippen molar-refractivity contribution in [2.45, 2.75) is 45.4 Å². The molecule has 0 saturated carbocycles. The lowest BCUT2D eigenvalue weighted by Crippen LogP contribution is -2.29. The summed E-state index contributed by atoms with van der Waals surface area (Å²) in [6.07, 6.45) is 3.13. The fourth-order valence-corrected chi connectivity index (χ4v) is 4.68. The number of ether oxygens (including phenoxy) is 2. The minimum absolute atomic E-state index is 0.0427. The molecule has 1 N–H and O–H groups in total. The van der Waals surface area contributed by atoms with Gasteiger partial charge in [-0.2, -0.15) is 0 Å². The van der Waals surface area contributed by atoms with Crippen molar-refractivity contribution in [3.8, 4) is 11.5 Å². The Balaban J connectivity index is 1.61. The lowest BCUT2D eigenvalue weighted by molar-refractivity contribution is -0.140. The van der Waals surface area contributed by atoms with Crippen molar-refractivity contribution >= 4 is 17.4 Å². The Morgan fingerprint density at radius 2 is 2.00 bits per heavy atom. The molecular formula is C28H27NO6. The molecule has 0 radical (unpaired) electrons. The molecule has 2 atom stereocenters. The molecule has 7 nitrogen and oxygen atoms in total. The van der Waals surface area contributed by atoms with Gasteiger partial charge in [0.15, 0.2) is 0 Å². The fraction of sp³-hybridized carbons (Fsp3) is 0.286. The van der Waals surface area contributed by atoms with Crippen molar-refractivity contribution in [2.24, 2.45) is 0 Å². The van der Waals surface area contributed by atoms with Gasteiger partial charge in [0.1, 0.15) is 29.1 Å². The Labute approximate surface area is 203 Å². The zero-order valence-electron chi connectivity index (χ0n) is 19.7. The van der Waals surface area contributed by atoms with E-state index in [0.29, 0.717) is 35.7 Å². The van der Waals surface area contributed by atoms with E-state index in [1.165, 1.54) is 11.2 Å². The maximum Gasteiger partial charge on any atom is 0.296 e. The number of likely N-dealkylation sites (tertiary alicyclic amines) is 1. The third-order valence-electron chi connectivity index (χ3n) is 6.26. The van der Waals surface area contributed by atoms with Crippen LogP contribution in [0, 0.1) is 0 Å². The van der Waals surface area contributed by atoms with Crippen LogP contribution in [0.3, 0.4) is 0 Å². The number of carbonyl (C=O) groups excluding carboxylic acids is 2. The van der Waals surface area contributed by atoms with Gasteiger partial charge in [-0.1, -0.05) is 19.1 Å². The quantitative estimate of drug-likeness (QED) is 0.295. The second-order valence-corrected chi connectivity index (χ2v) is 8.88. The molecule has 0 bridgehead atoms. The summed E-state index contributed by atoms with van der Waals surface area (Å²) in [7, 11) is 0.